The molecular formula is C30H31NO2. The van der Waals surface area contributed by atoms with Crippen LogP contribution in [-0.2, 0) is 23.2 Å². The predicted molar refractivity (Wildman–Crippen MR) is 131 cm³/mol. The summed E-state index contributed by atoms with van der Waals surface area (Å²) < 4.78 is 5.79. The molecule has 3 aromatic rings. The fourth-order valence-corrected chi connectivity index (χ4v) is 6.84. The number of piperidine rings is 1. The first-order valence-corrected chi connectivity index (χ1v) is 12.4. The summed E-state index contributed by atoms with van der Waals surface area (Å²) in [4.78, 5) is 15.3. The first-order chi connectivity index (χ1) is 16.2. The third kappa shape index (κ3) is 3.55. The molecule has 6 rings (SSSR count). The predicted octanol–water partition coefficient (Wildman–Crippen LogP) is 6.75. The lowest BCUT2D eigenvalue weighted by atomic mass is 9.52. The first kappa shape index (κ1) is 20.5. The Bertz CT molecular complexity index is 1140. The zero-order valence-corrected chi connectivity index (χ0v) is 19.1. The number of carbonyl (C=O) groups excluding carboxylic acids is 1. The second-order valence-corrected chi connectivity index (χ2v) is 10.0. The van der Waals surface area contributed by atoms with Gasteiger partial charge in [-0.2, -0.15) is 0 Å². The molecule has 0 spiro atoms. The molecule has 0 N–H and O–H groups in total. The van der Waals surface area contributed by atoms with Crippen molar-refractivity contribution < 1.29 is 9.53 Å². The van der Waals surface area contributed by atoms with Crippen LogP contribution in [0.15, 0.2) is 78.9 Å². The normalized spacial score (nSPS) is 25.6. The van der Waals surface area contributed by atoms with E-state index in [1.807, 2.05) is 30.3 Å². The van der Waals surface area contributed by atoms with Crippen LogP contribution in [0.2, 0.25) is 0 Å². The first-order valence-electron chi connectivity index (χ1n) is 12.4. The Morgan fingerprint density at radius 1 is 0.909 bits per heavy atom. The van der Waals surface area contributed by atoms with E-state index in [0.717, 1.165) is 24.9 Å². The van der Waals surface area contributed by atoms with Gasteiger partial charge in [0.25, 0.3) is 0 Å². The van der Waals surface area contributed by atoms with Crippen molar-refractivity contribution in [2.24, 2.45) is 5.92 Å². The zero-order chi connectivity index (χ0) is 22.3. The van der Waals surface area contributed by atoms with Gasteiger partial charge in [-0.15, -0.1) is 0 Å². The van der Waals surface area contributed by atoms with Crippen molar-refractivity contribution in [3.05, 3.63) is 95.6 Å². The van der Waals surface area contributed by atoms with E-state index in [4.69, 9.17) is 4.74 Å². The highest BCUT2D eigenvalue weighted by Gasteiger charge is 2.55. The van der Waals surface area contributed by atoms with Crippen LogP contribution in [-0.4, -0.2) is 23.6 Å². The molecule has 2 bridgehead atoms. The van der Waals surface area contributed by atoms with Crippen molar-refractivity contribution in [3.63, 3.8) is 0 Å². The van der Waals surface area contributed by atoms with Crippen molar-refractivity contribution in [1.82, 2.24) is 4.90 Å². The molecule has 1 aliphatic heterocycles. The molecule has 3 aliphatic rings. The Hall–Kier alpha value is -3.07. The number of hydrogen-bond donors (Lipinski definition) is 0. The van der Waals surface area contributed by atoms with Crippen LogP contribution in [0.25, 0.3) is 11.1 Å². The third-order valence-electron chi connectivity index (χ3n) is 8.38. The Morgan fingerprint density at radius 2 is 1.70 bits per heavy atom. The highest BCUT2D eigenvalue weighted by atomic mass is 16.6. The average Bonchev–Trinajstić information content (AvgIpc) is 2.88. The molecule has 0 radical (unpaired) electrons. The molecule has 168 valence electrons. The molecule has 0 aromatic heterocycles. The summed E-state index contributed by atoms with van der Waals surface area (Å²) >= 11 is 0. The summed E-state index contributed by atoms with van der Waals surface area (Å²) in [6, 6.07) is 28.0. The summed E-state index contributed by atoms with van der Waals surface area (Å²) in [6.45, 7) is 1.14. The van der Waals surface area contributed by atoms with Crippen molar-refractivity contribution >= 4 is 6.09 Å². The number of amides is 1. The molecule has 1 heterocycles. The van der Waals surface area contributed by atoms with Crippen LogP contribution < -0.4 is 0 Å². The molecule has 1 saturated carbocycles. The van der Waals surface area contributed by atoms with Crippen LogP contribution in [0.4, 0.5) is 4.79 Å². The van der Waals surface area contributed by atoms with Crippen LogP contribution in [0, 0.1) is 5.92 Å². The van der Waals surface area contributed by atoms with Crippen LogP contribution in [0.1, 0.15) is 48.8 Å². The molecular weight excluding hydrogens is 406 g/mol. The smallest absolute Gasteiger partial charge is 0.410 e. The van der Waals surface area contributed by atoms with Gasteiger partial charge in [0.05, 0.1) is 0 Å². The van der Waals surface area contributed by atoms with E-state index in [1.54, 1.807) is 5.56 Å². The second-order valence-electron chi connectivity index (χ2n) is 10.0. The summed E-state index contributed by atoms with van der Waals surface area (Å²) in [6.07, 6.45) is 6.85. The quantitative estimate of drug-likeness (QED) is 0.454. The summed E-state index contributed by atoms with van der Waals surface area (Å²) in [5.41, 5.74) is 6.83. The summed E-state index contributed by atoms with van der Waals surface area (Å²) in [7, 11) is 0. The maximum Gasteiger partial charge on any atom is 0.410 e. The number of ether oxygens (including phenoxy) is 1. The monoisotopic (exact) mass is 437 g/mol. The minimum Gasteiger partial charge on any atom is -0.445 e. The largest absolute Gasteiger partial charge is 0.445 e. The molecule has 1 saturated heterocycles. The topological polar surface area (TPSA) is 29.5 Å². The number of likely N-dealkylation sites (tertiary alicyclic amines) is 1. The van der Waals surface area contributed by atoms with E-state index < -0.39 is 0 Å². The van der Waals surface area contributed by atoms with Gasteiger partial charge in [-0.05, 0) is 59.4 Å². The van der Waals surface area contributed by atoms with Gasteiger partial charge in [0, 0.05) is 18.0 Å². The standard InChI is InChI=1S/C30H31NO2/c32-29(33-21-22-9-3-1-4-10-22)31-18-17-30-16-8-7-13-26(30)28(31)20-25-15-14-24(19-27(25)30)23-11-5-2-6-12-23/h1-6,9-12,14-15,19,26,28H,7-8,13,16-18,20-21H2/t26-,28+,30?/m1/s1. The Kier molecular flexibility index (Phi) is 5.21. The lowest BCUT2D eigenvalue weighted by Gasteiger charge is -2.58. The number of benzene rings is 3. The van der Waals surface area contributed by atoms with E-state index in [2.05, 4.69) is 53.4 Å². The van der Waals surface area contributed by atoms with Crippen molar-refractivity contribution in [1.29, 1.82) is 0 Å². The number of fused-ring (bicyclic) bond motifs is 1. The van der Waals surface area contributed by atoms with Crippen LogP contribution in [0.3, 0.4) is 0 Å². The van der Waals surface area contributed by atoms with Gasteiger partial charge in [-0.1, -0.05) is 91.7 Å². The zero-order valence-electron chi connectivity index (χ0n) is 19.1. The van der Waals surface area contributed by atoms with E-state index in [-0.39, 0.29) is 17.6 Å². The minimum absolute atomic E-state index is 0.146. The van der Waals surface area contributed by atoms with Gasteiger partial charge in [-0.25, -0.2) is 4.79 Å². The van der Waals surface area contributed by atoms with E-state index in [0.29, 0.717) is 12.5 Å². The fourth-order valence-electron chi connectivity index (χ4n) is 6.84. The van der Waals surface area contributed by atoms with Crippen LogP contribution in [0.5, 0.6) is 0 Å². The second kappa shape index (κ2) is 8.37. The number of hydrogen-bond acceptors (Lipinski definition) is 2. The van der Waals surface area contributed by atoms with Gasteiger partial charge in [-0.3, -0.25) is 0 Å². The highest BCUT2D eigenvalue weighted by molar-refractivity contribution is 5.70. The Morgan fingerprint density at radius 3 is 2.52 bits per heavy atom. The Labute approximate surface area is 196 Å². The fraction of sp³-hybridized carbons (Fsp3) is 0.367. The van der Waals surface area contributed by atoms with Gasteiger partial charge in [0.1, 0.15) is 6.61 Å². The average molecular weight is 438 g/mol. The maximum atomic E-state index is 13.2. The van der Waals surface area contributed by atoms with Crippen molar-refractivity contribution in [2.45, 2.75) is 56.6 Å². The molecule has 2 aliphatic carbocycles. The van der Waals surface area contributed by atoms with Gasteiger partial charge in [0.15, 0.2) is 0 Å². The summed E-state index contributed by atoms with van der Waals surface area (Å²) in [5.74, 6) is 0.530. The molecule has 3 aromatic carbocycles. The van der Waals surface area contributed by atoms with E-state index in [9.17, 15) is 4.79 Å². The van der Waals surface area contributed by atoms with E-state index in [1.165, 1.54) is 42.4 Å². The molecule has 2 fully saturated rings. The molecule has 3 atom stereocenters. The van der Waals surface area contributed by atoms with Gasteiger partial charge >= 0.3 is 6.09 Å². The Balaban J connectivity index is 1.31. The van der Waals surface area contributed by atoms with Crippen LogP contribution >= 0.6 is 0 Å². The van der Waals surface area contributed by atoms with Gasteiger partial charge < -0.3 is 9.64 Å². The van der Waals surface area contributed by atoms with Crippen molar-refractivity contribution in [2.75, 3.05) is 6.54 Å². The third-order valence-corrected chi connectivity index (χ3v) is 8.38. The minimum atomic E-state index is -0.146. The van der Waals surface area contributed by atoms with E-state index >= 15 is 0 Å². The number of rotatable bonds is 3. The maximum absolute atomic E-state index is 13.2. The highest BCUT2D eigenvalue weighted by Crippen LogP contribution is 2.56. The van der Waals surface area contributed by atoms with Crippen molar-refractivity contribution in [3.8, 4) is 11.1 Å². The number of nitrogens with zero attached hydrogens (tertiary/aromatic N) is 1. The molecule has 3 heteroatoms. The lowest BCUT2D eigenvalue weighted by Crippen LogP contribution is -2.62. The van der Waals surface area contributed by atoms with Gasteiger partial charge in [0.2, 0.25) is 0 Å². The lowest BCUT2D eigenvalue weighted by molar-refractivity contribution is -0.0136. The molecule has 33 heavy (non-hydrogen) atoms. The molecule has 1 unspecified atom stereocenters. The SMILES string of the molecule is O=C(OCc1ccccc1)N1CCC23CCCC[C@@H]2[C@@H]1Cc1ccc(-c2ccccc2)cc13. The molecule has 1 amide bonds. The molecule has 3 nitrogen and oxygen atoms in total. The summed E-state index contributed by atoms with van der Waals surface area (Å²) in [5, 5.41) is 0. The number of carbonyl (C=O) groups is 1.